The van der Waals surface area contributed by atoms with Crippen molar-refractivity contribution < 1.29 is 32.2 Å². The molecule has 0 saturated heterocycles. The van der Waals surface area contributed by atoms with E-state index in [9.17, 15) is 27.6 Å². The Kier molecular flexibility index (Phi) is 9.35. The molecule has 2 aromatic carbocycles. The molecule has 1 aliphatic rings. The molecular weight excluding hydrogens is 657 g/mol. The van der Waals surface area contributed by atoms with Gasteiger partial charge in [0.15, 0.2) is 5.69 Å². The number of rotatable bonds is 5. The van der Waals surface area contributed by atoms with Crippen molar-refractivity contribution in [1.29, 1.82) is 0 Å². The Hall–Kier alpha value is -6.06. The van der Waals surface area contributed by atoms with Crippen molar-refractivity contribution in [3.05, 3.63) is 95.1 Å². The maximum atomic E-state index is 13.9. The molecule has 3 aromatic heterocycles. The molecule has 1 aliphatic heterocycles. The minimum absolute atomic E-state index is 0.176. The number of nitrogens with zero attached hydrogens (tertiary/aromatic N) is 6. The minimum atomic E-state index is -4.70. The maximum absolute atomic E-state index is 13.9. The summed E-state index contributed by atoms with van der Waals surface area (Å²) in [5.41, 5.74) is 1.90. The van der Waals surface area contributed by atoms with Gasteiger partial charge in [-0.2, -0.15) is 13.2 Å². The highest BCUT2D eigenvalue weighted by molar-refractivity contribution is 5.98. The topological polar surface area (TPSA) is 155 Å². The highest BCUT2D eigenvalue weighted by Crippen LogP contribution is 2.35. The number of halogens is 3. The molecule has 2 atom stereocenters. The average molecular weight is 689 g/mol. The van der Waals surface area contributed by atoms with E-state index in [2.05, 4.69) is 30.9 Å². The standard InChI is InChI=1S/C34H31F3N8O5/c1-19-5-4-6-29(27-13-20(11-12-38-27)23-9-7-21(40-33(48)50-3)14-26(23)41-32(19)47)44-18-39-25(16-31(44)46)24-15-22(49-2)8-10-28(24)45-17-30(42-43-45)34(35,36)37/h7-19,29H,4-6H2,1-3H3,(H,40,48)(H,41,47). The summed E-state index contributed by atoms with van der Waals surface area (Å²) < 4.78 is 52.4. The summed E-state index contributed by atoms with van der Waals surface area (Å²) in [4.78, 5) is 48.1. The van der Waals surface area contributed by atoms with Gasteiger partial charge in [0, 0.05) is 35.0 Å². The highest BCUT2D eigenvalue weighted by atomic mass is 19.4. The Balaban J connectivity index is 1.41. The molecule has 2 N–H and O–H groups in total. The van der Waals surface area contributed by atoms with Crippen LogP contribution in [0.3, 0.4) is 0 Å². The van der Waals surface area contributed by atoms with E-state index >= 15 is 0 Å². The van der Waals surface area contributed by atoms with E-state index in [-0.39, 0.29) is 23.2 Å². The van der Waals surface area contributed by atoms with Crippen molar-refractivity contribution in [3.63, 3.8) is 0 Å². The lowest BCUT2D eigenvalue weighted by atomic mass is 9.95. The molecule has 2 bridgehead atoms. The fourth-order valence-corrected chi connectivity index (χ4v) is 5.73. The predicted molar refractivity (Wildman–Crippen MR) is 176 cm³/mol. The van der Waals surface area contributed by atoms with E-state index in [1.165, 1.54) is 37.2 Å². The Bertz CT molecular complexity index is 2130. The van der Waals surface area contributed by atoms with Gasteiger partial charge >= 0.3 is 12.3 Å². The lowest BCUT2D eigenvalue weighted by Crippen LogP contribution is -2.27. The van der Waals surface area contributed by atoms with Crippen LogP contribution in [-0.2, 0) is 15.7 Å². The van der Waals surface area contributed by atoms with Crippen molar-refractivity contribution in [2.45, 2.75) is 38.4 Å². The number of alkyl halides is 3. The monoisotopic (exact) mass is 688 g/mol. The summed E-state index contributed by atoms with van der Waals surface area (Å²) in [6.45, 7) is 1.81. The number of nitrogens with one attached hydrogen (secondary N) is 2. The Morgan fingerprint density at radius 2 is 1.82 bits per heavy atom. The Labute approximate surface area is 283 Å². The van der Waals surface area contributed by atoms with E-state index in [1.807, 2.05) is 13.0 Å². The quantitative estimate of drug-likeness (QED) is 0.223. The van der Waals surface area contributed by atoms with E-state index in [1.54, 1.807) is 42.6 Å². The zero-order valence-corrected chi connectivity index (χ0v) is 27.1. The van der Waals surface area contributed by atoms with Gasteiger partial charge in [0.2, 0.25) is 5.91 Å². The third-order valence-corrected chi connectivity index (χ3v) is 8.39. The second kappa shape index (κ2) is 13.8. The molecule has 5 aromatic rings. The predicted octanol–water partition coefficient (Wildman–Crippen LogP) is 6.11. The molecule has 0 aliphatic carbocycles. The van der Waals surface area contributed by atoms with Crippen molar-refractivity contribution in [1.82, 2.24) is 29.5 Å². The smallest absolute Gasteiger partial charge is 0.436 e. The number of fused-ring (bicyclic) bond motifs is 4. The van der Waals surface area contributed by atoms with E-state index in [0.717, 1.165) is 10.9 Å². The summed E-state index contributed by atoms with van der Waals surface area (Å²) in [6.07, 6.45) is -0.0962. The molecule has 0 saturated carbocycles. The first-order valence-corrected chi connectivity index (χ1v) is 15.5. The second-order valence-electron chi connectivity index (χ2n) is 11.6. The first-order valence-electron chi connectivity index (χ1n) is 15.5. The molecule has 2 unspecified atom stereocenters. The van der Waals surface area contributed by atoms with Gasteiger partial charge in [-0.05, 0) is 60.9 Å². The number of aromatic nitrogens is 6. The summed E-state index contributed by atoms with van der Waals surface area (Å²) in [5.74, 6) is -0.206. The van der Waals surface area contributed by atoms with Crippen LogP contribution in [0.4, 0.5) is 29.3 Å². The molecule has 0 radical (unpaired) electrons. The highest BCUT2D eigenvalue weighted by Gasteiger charge is 2.35. The Morgan fingerprint density at radius 3 is 2.54 bits per heavy atom. The fourth-order valence-electron chi connectivity index (χ4n) is 5.73. The first kappa shape index (κ1) is 33.8. The summed E-state index contributed by atoms with van der Waals surface area (Å²) in [5, 5.41) is 12.5. The third kappa shape index (κ3) is 7.04. The summed E-state index contributed by atoms with van der Waals surface area (Å²) >= 11 is 0. The van der Waals surface area contributed by atoms with Crippen LogP contribution >= 0.6 is 0 Å². The van der Waals surface area contributed by atoms with Gasteiger partial charge in [0.25, 0.3) is 5.56 Å². The number of ether oxygens (including phenoxy) is 2. The van der Waals surface area contributed by atoms with Crippen molar-refractivity contribution in [2.24, 2.45) is 5.92 Å². The van der Waals surface area contributed by atoms with Crippen LogP contribution in [0, 0.1) is 5.92 Å². The number of carbonyl (C=O) groups excluding carboxylic acids is 2. The lowest BCUT2D eigenvalue weighted by molar-refractivity contribution is -0.141. The van der Waals surface area contributed by atoms with Crippen LogP contribution in [0.5, 0.6) is 5.75 Å². The summed E-state index contributed by atoms with van der Waals surface area (Å²) in [6, 6.07) is 14.0. The summed E-state index contributed by atoms with van der Waals surface area (Å²) in [7, 11) is 2.69. The number of benzene rings is 2. The number of anilines is 2. The zero-order valence-electron chi connectivity index (χ0n) is 27.1. The fraction of sp³-hybridized carbons (Fsp3) is 0.265. The van der Waals surface area contributed by atoms with Gasteiger partial charge in [0.1, 0.15) is 5.75 Å². The largest absolute Gasteiger partial charge is 0.497 e. The molecule has 0 spiro atoms. The molecule has 16 heteroatoms. The van der Waals surface area contributed by atoms with E-state index in [4.69, 9.17) is 9.47 Å². The number of methoxy groups -OCH3 is 2. The maximum Gasteiger partial charge on any atom is 0.436 e. The molecule has 258 valence electrons. The third-order valence-electron chi connectivity index (χ3n) is 8.39. The SMILES string of the molecule is COC(=O)Nc1ccc2c(c1)NC(=O)C(C)CCCC(n1cnc(-c3cc(OC)ccc3-n3cc(C(F)(F)F)nn3)cc1=O)c1cc-2ccn1. The van der Waals surface area contributed by atoms with E-state index < -0.39 is 29.6 Å². The number of carbonyl (C=O) groups is 2. The average Bonchev–Trinajstić information content (AvgIpc) is 3.61. The number of amides is 2. The Morgan fingerprint density at radius 1 is 1.00 bits per heavy atom. The lowest BCUT2D eigenvalue weighted by Gasteiger charge is -2.23. The van der Waals surface area contributed by atoms with Crippen LogP contribution in [0.15, 0.2) is 78.1 Å². The van der Waals surface area contributed by atoms with Gasteiger partial charge in [0.05, 0.1) is 55.5 Å². The van der Waals surface area contributed by atoms with Crippen LogP contribution < -0.4 is 20.9 Å². The van der Waals surface area contributed by atoms with Crippen molar-refractivity contribution >= 4 is 23.4 Å². The second-order valence-corrected chi connectivity index (χ2v) is 11.6. The molecule has 50 heavy (non-hydrogen) atoms. The van der Waals surface area contributed by atoms with E-state index in [0.29, 0.717) is 58.8 Å². The van der Waals surface area contributed by atoms with Gasteiger partial charge in [-0.1, -0.05) is 24.6 Å². The molecule has 0 fully saturated rings. The molecule has 2 amide bonds. The number of pyridine rings is 1. The van der Waals surface area contributed by atoms with Gasteiger partial charge in [-0.25, -0.2) is 14.5 Å². The van der Waals surface area contributed by atoms with Crippen molar-refractivity contribution in [2.75, 3.05) is 24.9 Å². The van der Waals surface area contributed by atoms with Crippen LogP contribution in [0.2, 0.25) is 0 Å². The molecular formula is C34H31F3N8O5. The van der Waals surface area contributed by atoms with Gasteiger partial charge in [-0.15, -0.1) is 5.10 Å². The van der Waals surface area contributed by atoms with Gasteiger partial charge < -0.3 is 14.8 Å². The van der Waals surface area contributed by atoms with Crippen LogP contribution in [0.1, 0.15) is 43.6 Å². The number of hydrogen-bond acceptors (Lipinski definition) is 9. The van der Waals surface area contributed by atoms with Gasteiger partial charge in [-0.3, -0.25) is 24.5 Å². The molecule has 4 heterocycles. The van der Waals surface area contributed by atoms with Crippen LogP contribution in [-0.4, -0.2) is 55.7 Å². The number of hydrogen-bond donors (Lipinski definition) is 2. The van der Waals surface area contributed by atoms with Crippen molar-refractivity contribution in [3.8, 4) is 33.8 Å². The molecule has 6 rings (SSSR count). The van der Waals surface area contributed by atoms with Crippen LogP contribution in [0.25, 0.3) is 28.1 Å². The normalized spacial score (nSPS) is 16.3. The first-order chi connectivity index (χ1) is 23.9. The minimum Gasteiger partial charge on any atom is -0.497 e. The zero-order chi connectivity index (χ0) is 35.6. The molecule has 13 nitrogen and oxygen atoms in total.